The molecule has 1 rings (SSSR count). The molecule has 4 heteroatoms. The minimum absolute atomic E-state index is 0.156. The Hall–Kier alpha value is -0.870. The van der Waals surface area contributed by atoms with Crippen molar-refractivity contribution in [3.63, 3.8) is 0 Å². The van der Waals surface area contributed by atoms with Crippen LogP contribution in [0, 0.1) is 0 Å². The topological polar surface area (TPSA) is 44.5 Å². The number of nitrogens with two attached hydrogens (primary N) is 1. The van der Waals surface area contributed by atoms with Crippen LogP contribution in [0.15, 0.2) is 18.2 Å². The standard InChI is InChI=1S/C14H23NO2S/c1-11(15)9-12-5-6-13(14(10-12)16-2)17-7-4-8-18-3/h5-6,10-11H,4,7-9,15H2,1-3H3. The van der Waals surface area contributed by atoms with Crippen LogP contribution in [-0.2, 0) is 6.42 Å². The third-order valence-electron chi connectivity index (χ3n) is 2.54. The van der Waals surface area contributed by atoms with Crippen LogP contribution >= 0.6 is 11.8 Å². The normalized spacial score (nSPS) is 12.2. The van der Waals surface area contributed by atoms with Gasteiger partial charge in [-0.3, -0.25) is 0 Å². The highest BCUT2D eigenvalue weighted by molar-refractivity contribution is 7.98. The lowest BCUT2D eigenvalue weighted by Crippen LogP contribution is -2.17. The van der Waals surface area contributed by atoms with Crippen molar-refractivity contribution in [1.82, 2.24) is 0 Å². The average molecular weight is 269 g/mol. The van der Waals surface area contributed by atoms with E-state index in [0.717, 1.165) is 36.7 Å². The fourth-order valence-electron chi connectivity index (χ4n) is 1.72. The van der Waals surface area contributed by atoms with E-state index in [4.69, 9.17) is 15.2 Å². The SMILES string of the molecule is COc1cc(CC(C)N)ccc1OCCCSC. The summed E-state index contributed by atoms with van der Waals surface area (Å²) in [6.07, 6.45) is 4.00. The molecule has 1 unspecified atom stereocenters. The number of hydrogen-bond donors (Lipinski definition) is 1. The molecular formula is C14H23NO2S. The van der Waals surface area contributed by atoms with Gasteiger partial charge in [-0.2, -0.15) is 11.8 Å². The molecule has 0 radical (unpaired) electrons. The van der Waals surface area contributed by atoms with Gasteiger partial charge in [0.25, 0.3) is 0 Å². The van der Waals surface area contributed by atoms with E-state index in [2.05, 4.69) is 12.3 Å². The Bertz CT molecular complexity index is 356. The summed E-state index contributed by atoms with van der Waals surface area (Å²) in [6.45, 7) is 2.73. The first-order chi connectivity index (χ1) is 8.67. The molecule has 1 atom stereocenters. The van der Waals surface area contributed by atoms with Crippen molar-refractivity contribution in [2.45, 2.75) is 25.8 Å². The van der Waals surface area contributed by atoms with E-state index in [0.29, 0.717) is 0 Å². The summed E-state index contributed by atoms with van der Waals surface area (Å²) in [4.78, 5) is 0. The predicted molar refractivity (Wildman–Crippen MR) is 78.8 cm³/mol. The van der Waals surface area contributed by atoms with Crippen molar-refractivity contribution in [2.75, 3.05) is 25.7 Å². The summed E-state index contributed by atoms with van der Waals surface area (Å²) in [7, 11) is 1.67. The van der Waals surface area contributed by atoms with Gasteiger partial charge in [-0.15, -0.1) is 0 Å². The third-order valence-corrected chi connectivity index (χ3v) is 3.23. The highest BCUT2D eigenvalue weighted by Gasteiger charge is 2.07. The van der Waals surface area contributed by atoms with Gasteiger partial charge >= 0.3 is 0 Å². The van der Waals surface area contributed by atoms with Crippen LogP contribution in [0.5, 0.6) is 11.5 Å². The zero-order valence-electron chi connectivity index (χ0n) is 11.4. The van der Waals surface area contributed by atoms with Gasteiger partial charge in [0, 0.05) is 6.04 Å². The summed E-state index contributed by atoms with van der Waals surface area (Å²) >= 11 is 1.83. The first-order valence-corrected chi connectivity index (χ1v) is 7.61. The molecule has 1 aromatic carbocycles. The molecule has 0 aliphatic carbocycles. The molecule has 0 saturated heterocycles. The highest BCUT2D eigenvalue weighted by Crippen LogP contribution is 2.28. The molecule has 0 aliphatic heterocycles. The van der Waals surface area contributed by atoms with E-state index in [9.17, 15) is 0 Å². The van der Waals surface area contributed by atoms with E-state index >= 15 is 0 Å². The Labute approximate surface area is 114 Å². The predicted octanol–water partition coefficient (Wildman–Crippen LogP) is 2.72. The van der Waals surface area contributed by atoms with E-state index in [1.54, 1.807) is 7.11 Å². The monoisotopic (exact) mass is 269 g/mol. The Morgan fingerprint density at radius 1 is 1.33 bits per heavy atom. The van der Waals surface area contributed by atoms with Gasteiger partial charge < -0.3 is 15.2 Å². The minimum atomic E-state index is 0.156. The molecule has 0 saturated carbocycles. The molecule has 2 N–H and O–H groups in total. The molecule has 0 fully saturated rings. The molecule has 0 amide bonds. The average Bonchev–Trinajstić information content (AvgIpc) is 2.35. The number of ether oxygens (including phenoxy) is 2. The largest absolute Gasteiger partial charge is 0.493 e. The summed E-state index contributed by atoms with van der Waals surface area (Å²) in [5.41, 5.74) is 6.97. The van der Waals surface area contributed by atoms with Crippen LogP contribution in [0.3, 0.4) is 0 Å². The number of rotatable bonds is 8. The summed E-state index contributed by atoms with van der Waals surface area (Å²) in [6, 6.07) is 6.18. The Morgan fingerprint density at radius 3 is 2.72 bits per heavy atom. The van der Waals surface area contributed by atoms with E-state index in [1.165, 1.54) is 5.56 Å². The minimum Gasteiger partial charge on any atom is -0.493 e. The second-order valence-electron chi connectivity index (χ2n) is 4.36. The molecule has 18 heavy (non-hydrogen) atoms. The van der Waals surface area contributed by atoms with Crippen molar-refractivity contribution in [3.05, 3.63) is 23.8 Å². The van der Waals surface area contributed by atoms with Crippen LogP contribution in [0.2, 0.25) is 0 Å². The maximum Gasteiger partial charge on any atom is 0.161 e. The van der Waals surface area contributed by atoms with Crippen molar-refractivity contribution in [2.24, 2.45) is 5.73 Å². The molecular weight excluding hydrogens is 246 g/mol. The van der Waals surface area contributed by atoms with Gasteiger partial charge in [0.1, 0.15) is 0 Å². The number of methoxy groups -OCH3 is 1. The van der Waals surface area contributed by atoms with Crippen LogP contribution in [0.4, 0.5) is 0 Å². The number of thioether (sulfide) groups is 1. The van der Waals surface area contributed by atoms with E-state index < -0.39 is 0 Å². The van der Waals surface area contributed by atoms with Crippen molar-refractivity contribution in [1.29, 1.82) is 0 Å². The lowest BCUT2D eigenvalue weighted by Gasteiger charge is -2.13. The van der Waals surface area contributed by atoms with Gasteiger partial charge in [-0.1, -0.05) is 6.07 Å². The van der Waals surface area contributed by atoms with Crippen LogP contribution < -0.4 is 15.2 Å². The van der Waals surface area contributed by atoms with Crippen molar-refractivity contribution >= 4 is 11.8 Å². The van der Waals surface area contributed by atoms with E-state index in [1.807, 2.05) is 30.8 Å². The third kappa shape index (κ3) is 5.19. The summed E-state index contributed by atoms with van der Waals surface area (Å²) in [5, 5.41) is 0. The molecule has 0 aliphatic rings. The quantitative estimate of drug-likeness (QED) is 0.737. The first kappa shape index (κ1) is 15.2. The Morgan fingerprint density at radius 2 is 2.11 bits per heavy atom. The van der Waals surface area contributed by atoms with Gasteiger partial charge in [0.05, 0.1) is 13.7 Å². The van der Waals surface area contributed by atoms with Crippen LogP contribution in [0.1, 0.15) is 18.9 Å². The van der Waals surface area contributed by atoms with Gasteiger partial charge in [-0.25, -0.2) is 0 Å². The maximum absolute atomic E-state index is 5.79. The van der Waals surface area contributed by atoms with Crippen LogP contribution in [-0.4, -0.2) is 31.8 Å². The molecule has 3 nitrogen and oxygen atoms in total. The summed E-state index contributed by atoms with van der Waals surface area (Å²) < 4.78 is 11.1. The Kier molecular flexibility index (Phi) is 6.98. The molecule has 0 spiro atoms. The van der Waals surface area contributed by atoms with Crippen LogP contribution in [0.25, 0.3) is 0 Å². The smallest absolute Gasteiger partial charge is 0.161 e. The molecule has 0 aromatic heterocycles. The molecule has 0 bridgehead atoms. The second kappa shape index (κ2) is 8.27. The van der Waals surface area contributed by atoms with E-state index in [-0.39, 0.29) is 6.04 Å². The van der Waals surface area contributed by atoms with Crippen molar-refractivity contribution in [3.8, 4) is 11.5 Å². The maximum atomic E-state index is 5.79. The molecule has 1 aromatic rings. The zero-order valence-corrected chi connectivity index (χ0v) is 12.3. The zero-order chi connectivity index (χ0) is 13.4. The lowest BCUT2D eigenvalue weighted by molar-refractivity contribution is 0.295. The number of benzene rings is 1. The second-order valence-corrected chi connectivity index (χ2v) is 5.35. The fraction of sp³-hybridized carbons (Fsp3) is 0.571. The van der Waals surface area contributed by atoms with Gasteiger partial charge in [0.15, 0.2) is 11.5 Å². The Balaban J connectivity index is 2.62. The summed E-state index contributed by atoms with van der Waals surface area (Å²) in [5.74, 6) is 2.72. The van der Waals surface area contributed by atoms with Crippen molar-refractivity contribution < 1.29 is 9.47 Å². The highest BCUT2D eigenvalue weighted by atomic mass is 32.2. The fourth-order valence-corrected chi connectivity index (χ4v) is 2.12. The van der Waals surface area contributed by atoms with Gasteiger partial charge in [-0.05, 0) is 49.5 Å². The lowest BCUT2D eigenvalue weighted by atomic mass is 10.1. The molecule has 102 valence electrons. The van der Waals surface area contributed by atoms with Gasteiger partial charge in [0.2, 0.25) is 0 Å². The number of hydrogen-bond acceptors (Lipinski definition) is 4. The molecule has 0 heterocycles. The first-order valence-electron chi connectivity index (χ1n) is 6.21.